The van der Waals surface area contributed by atoms with Gasteiger partial charge in [0.05, 0.1) is 48.6 Å². The van der Waals surface area contributed by atoms with E-state index in [0.29, 0.717) is 78.5 Å². The van der Waals surface area contributed by atoms with Crippen LogP contribution in [0, 0.1) is 0 Å². The van der Waals surface area contributed by atoms with Crippen LogP contribution in [-0.2, 0) is 4.74 Å². The monoisotopic (exact) mass is 1670 g/mol. The molecule has 678 valence electrons. The van der Waals surface area contributed by atoms with Gasteiger partial charge in [-0.05, 0) is 232 Å². The molecule has 0 amide bonds. The van der Waals surface area contributed by atoms with Crippen molar-refractivity contribution in [1.29, 1.82) is 0 Å². The Morgan fingerprint density at radius 2 is 0.932 bits per heavy atom. The molecule has 0 unspecified atom stereocenters. The van der Waals surface area contributed by atoms with Crippen LogP contribution in [0.4, 0.5) is 0 Å². The number of aromatic nitrogens is 25. The lowest BCUT2D eigenvalue weighted by atomic mass is 10.3. The average Bonchev–Trinajstić information content (AvgIpc) is 1.77. The summed E-state index contributed by atoms with van der Waals surface area (Å²) in [5.41, 5.74) is 5.26. The Kier molecular flexibility index (Phi) is 79.6. The third-order valence-electron chi connectivity index (χ3n) is 14.6. The maximum Gasteiger partial charge on any atom is 0.182 e. The third kappa shape index (κ3) is 56.1. The highest BCUT2D eigenvalue weighted by molar-refractivity contribution is 8.06. The second kappa shape index (κ2) is 73.1. The van der Waals surface area contributed by atoms with Gasteiger partial charge in [0.1, 0.15) is 38.2 Å². The van der Waals surface area contributed by atoms with E-state index in [9.17, 15) is 0 Å². The van der Waals surface area contributed by atoms with Crippen molar-refractivity contribution in [2.24, 2.45) is 0 Å². The highest BCUT2D eigenvalue weighted by atomic mass is 32.2. The zero-order valence-electron chi connectivity index (χ0n) is 69.8. The van der Waals surface area contributed by atoms with Crippen molar-refractivity contribution >= 4 is 11.8 Å². The first-order valence-electron chi connectivity index (χ1n) is 37.0. The summed E-state index contributed by atoms with van der Waals surface area (Å²) in [5, 5.41) is 57.4. The highest BCUT2D eigenvalue weighted by Gasteiger charge is 2.18. The van der Waals surface area contributed by atoms with Gasteiger partial charge in [-0.15, -0.1) is 30.6 Å². The Labute approximate surface area is 723 Å². The van der Waals surface area contributed by atoms with Crippen LogP contribution in [0.25, 0.3) is 0 Å². The first-order chi connectivity index (χ1) is 51.1. The molecule has 1 saturated heterocycles. The SMILES string of the molecule is C.C.C.C.C.C.C.C.C.C.C=C1C=CN(C(C)C)N1.C=C1CC=CN1C(C)C.C=C1OCCN1C(C)C.C=C1SC=CN1C(C)C.CC(C)n1cccc1.CC(C)n1cccn1.CC(C)n1ccnc1.CC(C)n1ccnn1.CC(C)n1cncn1.CC(C)n1cnnc1.CC(C)n1cnnn1.CC(C)n1nccn1.CC(C)n1ncnn1. The van der Waals surface area contributed by atoms with Crippen molar-refractivity contribution in [1.82, 2.24) is 149 Å². The largest absolute Gasteiger partial charge is 0.478 e. The molecule has 9 aromatic rings. The fraction of sp³-hybridized carbons (Fsp3) is 0.605. The number of hydrazine groups is 1. The molecular formula is C86H172N30OS. The Bertz CT molecular complexity index is 3060. The van der Waals surface area contributed by atoms with E-state index in [2.05, 4.69) is 312 Å². The van der Waals surface area contributed by atoms with Crippen LogP contribution in [0.1, 0.15) is 315 Å². The first kappa shape index (κ1) is 128. The fourth-order valence-corrected chi connectivity index (χ4v) is 8.91. The number of allylic oxidation sites excluding steroid dienone is 2. The van der Waals surface area contributed by atoms with Crippen molar-refractivity contribution < 1.29 is 4.74 Å². The van der Waals surface area contributed by atoms with Crippen molar-refractivity contribution in [2.75, 3.05) is 13.2 Å². The number of rotatable bonds is 13. The molecule has 0 saturated carbocycles. The Morgan fingerprint density at radius 3 is 1.15 bits per heavy atom. The summed E-state index contributed by atoms with van der Waals surface area (Å²) in [4.78, 5) is 17.4. The van der Waals surface area contributed by atoms with E-state index < -0.39 is 0 Å². The maximum atomic E-state index is 5.16. The second-order valence-electron chi connectivity index (χ2n) is 28.0. The number of ether oxygens (including phenoxy) is 1. The van der Waals surface area contributed by atoms with Crippen molar-refractivity contribution in [3.8, 4) is 0 Å². The number of thioether (sulfide) groups is 1. The standard InChI is InChI=1S/C8H13N.C7H12N2.C7H13NO.C7H11NS.C7H11N.2C6H10N2.4C5H9N3.2C4H8N4.10CH4/c1-7(2)9-6-4-5-8(9)3;1-6(2)9-5-4-7(3)8-9;2*1-6(2)8-4-5-9-7(8)3;1-7(2)8-5-3-4-6-8;1-6(2)8-4-3-7-5-8;1-6(2)8-5-3-4-7-8;1-5(2)8-3-6-7-4-8;1-5(2)8-4-6-3-7-8;1-5(2)8-4-3-6-7-8;1-5(2)8-6-3-4-7-8;1-4(2)8-3-5-6-7-8;1-4(2)8-6-3-5-7-8;;;;;;;;;;/h4,6-7H,3,5H2,1-2H3;4-6,8H,3H2,1-2H3;6H,3-5H2,1-2H3;4-6H,3H2,1-2H3;3-7H,1-2H3;2*3-6H,1-2H3;4*3-5H,1-2H3;2*3-4H,1-2H3;10*1H4. The molecule has 9 aromatic heterocycles. The van der Waals surface area contributed by atoms with E-state index in [1.165, 1.54) is 12.0 Å². The number of nitrogens with one attached hydrogen (secondary N) is 1. The molecule has 0 bridgehead atoms. The van der Waals surface area contributed by atoms with Gasteiger partial charge >= 0.3 is 0 Å². The summed E-state index contributed by atoms with van der Waals surface area (Å²) in [7, 11) is 0. The van der Waals surface area contributed by atoms with Crippen LogP contribution in [0.5, 0.6) is 0 Å². The lowest BCUT2D eigenvalue weighted by molar-refractivity contribution is 0.220. The summed E-state index contributed by atoms with van der Waals surface area (Å²) in [6, 6.07) is 12.2. The predicted octanol–water partition coefficient (Wildman–Crippen LogP) is 22.3. The molecule has 13 heterocycles. The molecule has 4 aliphatic rings. The molecule has 0 aliphatic carbocycles. The van der Waals surface area contributed by atoms with Gasteiger partial charge in [0.15, 0.2) is 12.2 Å². The van der Waals surface area contributed by atoms with Gasteiger partial charge < -0.3 is 33.1 Å². The molecule has 32 heteroatoms. The van der Waals surface area contributed by atoms with Gasteiger partial charge in [0, 0.05) is 146 Å². The van der Waals surface area contributed by atoms with E-state index >= 15 is 0 Å². The molecule has 0 radical (unpaired) electrons. The van der Waals surface area contributed by atoms with Crippen LogP contribution in [0.3, 0.4) is 0 Å². The van der Waals surface area contributed by atoms with Gasteiger partial charge in [-0.25, -0.2) is 14.6 Å². The van der Waals surface area contributed by atoms with Crippen LogP contribution in [0.2, 0.25) is 0 Å². The molecule has 13 rings (SSSR count). The Balaban J connectivity index is -0.000000133. The summed E-state index contributed by atoms with van der Waals surface area (Å²) < 4.78 is 18.5. The highest BCUT2D eigenvalue weighted by Crippen LogP contribution is 2.28. The molecular weight excluding hydrogens is 1500 g/mol. The average molecular weight is 1670 g/mol. The molecule has 31 nitrogen and oxygen atoms in total. The lowest BCUT2D eigenvalue weighted by Gasteiger charge is -2.21. The predicted molar refractivity (Wildman–Crippen MR) is 503 cm³/mol. The van der Waals surface area contributed by atoms with Crippen molar-refractivity contribution in [3.63, 3.8) is 0 Å². The Morgan fingerprint density at radius 1 is 0.381 bits per heavy atom. The van der Waals surface area contributed by atoms with Gasteiger partial charge in [-0.2, -0.15) is 30.0 Å². The summed E-state index contributed by atoms with van der Waals surface area (Å²) in [6.45, 7) is 71.6. The lowest BCUT2D eigenvalue weighted by Crippen LogP contribution is -2.33. The fourth-order valence-electron chi connectivity index (χ4n) is 8.17. The number of hydrogen-bond acceptors (Lipinski definition) is 23. The zero-order valence-corrected chi connectivity index (χ0v) is 70.6. The summed E-state index contributed by atoms with van der Waals surface area (Å²) >= 11 is 1.68. The Hall–Kier alpha value is -10.3. The van der Waals surface area contributed by atoms with E-state index in [1.807, 2.05) is 111 Å². The van der Waals surface area contributed by atoms with Gasteiger partial charge in [-0.3, -0.25) is 24.5 Å². The second-order valence-corrected chi connectivity index (χ2v) is 28.9. The first-order valence-corrected chi connectivity index (χ1v) is 37.8. The third-order valence-corrected chi connectivity index (χ3v) is 15.3. The molecule has 1 fully saturated rings. The molecule has 118 heavy (non-hydrogen) atoms. The van der Waals surface area contributed by atoms with Crippen LogP contribution in [-0.4, -0.2) is 181 Å². The van der Waals surface area contributed by atoms with Crippen LogP contribution in [0.15, 0.2) is 209 Å². The number of nitrogens with zero attached hydrogens (tertiary/aromatic N) is 29. The van der Waals surface area contributed by atoms with E-state index in [4.69, 9.17) is 4.74 Å². The van der Waals surface area contributed by atoms with E-state index in [-0.39, 0.29) is 74.3 Å². The number of hydrogen-bond donors (Lipinski definition) is 1. The normalized spacial score (nSPS) is 11.9. The maximum absolute atomic E-state index is 5.16. The number of imidazole rings is 1. The van der Waals surface area contributed by atoms with Crippen LogP contribution >= 0.6 is 11.8 Å². The smallest absolute Gasteiger partial charge is 0.182 e. The van der Waals surface area contributed by atoms with Crippen molar-refractivity contribution in [2.45, 2.75) is 339 Å². The van der Waals surface area contributed by atoms with Crippen molar-refractivity contribution in [3.05, 3.63) is 209 Å². The molecule has 0 atom stereocenters. The topological polar surface area (TPSA) is 285 Å². The zero-order chi connectivity index (χ0) is 81.3. The van der Waals surface area contributed by atoms with Gasteiger partial charge in [0.2, 0.25) is 0 Å². The molecule has 1 N–H and O–H groups in total. The summed E-state index contributed by atoms with van der Waals surface area (Å²) in [5.74, 6) is 0.824. The van der Waals surface area contributed by atoms with E-state index in [1.54, 1.807) is 98.0 Å². The van der Waals surface area contributed by atoms with E-state index in [0.717, 1.165) is 36.2 Å². The van der Waals surface area contributed by atoms with Gasteiger partial charge in [0.25, 0.3) is 0 Å². The molecule has 4 aliphatic heterocycles. The quantitative estimate of drug-likeness (QED) is 0.112. The van der Waals surface area contributed by atoms with Gasteiger partial charge in [-0.1, -0.05) is 117 Å². The molecule has 0 aromatic carbocycles. The minimum Gasteiger partial charge on any atom is -0.478 e. The minimum absolute atomic E-state index is 0. The summed E-state index contributed by atoms with van der Waals surface area (Å²) in [6.07, 6.45) is 41.4. The molecule has 0 spiro atoms. The minimum atomic E-state index is 0. The van der Waals surface area contributed by atoms with Crippen LogP contribution < -0.4 is 5.43 Å². The number of tetrazole rings is 2.